The van der Waals surface area contributed by atoms with Crippen LogP contribution in [0.15, 0.2) is 84.9 Å². The molecule has 0 aliphatic heterocycles. The van der Waals surface area contributed by atoms with Crippen LogP contribution in [-0.4, -0.2) is 11.8 Å². The molecule has 0 aliphatic carbocycles. The molecule has 0 heterocycles. The molecule has 0 saturated heterocycles. The van der Waals surface area contributed by atoms with Crippen LogP contribution in [0.5, 0.6) is 5.75 Å². The number of carbonyl (C=O) groups excluding carboxylic acids is 2. The first-order valence-corrected chi connectivity index (χ1v) is 8.29. The predicted molar refractivity (Wildman–Crippen MR) is 102 cm³/mol. The van der Waals surface area contributed by atoms with Gasteiger partial charge >= 0.3 is 5.97 Å². The van der Waals surface area contributed by atoms with Crippen molar-refractivity contribution in [2.75, 3.05) is 0 Å². The van der Waals surface area contributed by atoms with Gasteiger partial charge in [0.2, 0.25) is 0 Å². The Morgan fingerprint density at radius 3 is 2.15 bits per heavy atom. The highest BCUT2D eigenvalue weighted by Gasteiger charge is 2.10. The standard InChI is InChI=1S/C23H18O3/c1-17-7-5-6-10-21(17)23(25)26-20-14-11-18(12-15-20)13-16-22(24)19-8-3-2-4-9-19/h2-16H,1H3/b16-13+. The smallest absolute Gasteiger partial charge is 0.343 e. The van der Waals surface area contributed by atoms with E-state index in [9.17, 15) is 9.59 Å². The van der Waals surface area contributed by atoms with Crippen molar-refractivity contribution in [1.82, 2.24) is 0 Å². The van der Waals surface area contributed by atoms with E-state index in [1.807, 2.05) is 37.3 Å². The lowest BCUT2D eigenvalue weighted by Gasteiger charge is -2.06. The molecule has 0 aliphatic rings. The maximum Gasteiger partial charge on any atom is 0.343 e. The minimum absolute atomic E-state index is 0.0549. The third kappa shape index (κ3) is 4.33. The zero-order valence-corrected chi connectivity index (χ0v) is 14.4. The van der Waals surface area contributed by atoms with Gasteiger partial charge in [-0.3, -0.25) is 4.79 Å². The number of allylic oxidation sites excluding steroid dienone is 1. The number of ketones is 1. The van der Waals surface area contributed by atoms with Crippen LogP contribution < -0.4 is 4.74 Å². The lowest BCUT2D eigenvalue weighted by molar-refractivity contribution is 0.0734. The second-order valence-electron chi connectivity index (χ2n) is 5.84. The van der Waals surface area contributed by atoms with Gasteiger partial charge in [-0.05, 0) is 42.3 Å². The summed E-state index contributed by atoms with van der Waals surface area (Å²) in [6.07, 6.45) is 3.27. The number of esters is 1. The van der Waals surface area contributed by atoms with E-state index in [1.54, 1.807) is 54.6 Å². The van der Waals surface area contributed by atoms with E-state index < -0.39 is 0 Å². The van der Waals surface area contributed by atoms with E-state index >= 15 is 0 Å². The molecule has 3 rings (SSSR count). The molecule has 0 N–H and O–H groups in total. The van der Waals surface area contributed by atoms with Gasteiger partial charge in [0.05, 0.1) is 5.56 Å². The van der Waals surface area contributed by atoms with E-state index in [4.69, 9.17) is 4.74 Å². The Bertz CT molecular complexity index is 939. The van der Waals surface area contributed by atoms with Gasteiger partial charge < -0.3 is 4.74 Å². The van der Waals surface area contributed by atoms with Crippen molar-refractivity contribution in [3.8, 4) is 5.75 Å². The molecular formula is C23H18O3. The molecule has 3 aromatic rings. The van der Waals surface area contributed by atoms with Crippen molar-refractivity contribution in [2.45, 2.75) is 6.92 Å². The lowest BCUT2D eigenvalue weighted by Crippen LogP contribution is -2.09. The second kappa shape index (κ2) is 8.08. The molecule has 26 heavy (non-hydrogen) atoms. The minimum atomic E-state index is -0.384. The van der Waals surface area contributed by atoms with Gasteiger partial charge in [0, 0.05) is 5.56 Å². The van der Waals surface area contributed by atoms with Gasteiger partial charge in [-0.15, -0.1) is 0 Å². The van der Waals surface area contributed by atoms with E-state index in [0.29, 0.717) is 16.9 Å². The molecule has 0 radical (unpaired) electrons. The number of aryl methyl sites for hydroxylation is 1. The molecule has 3 heteroatoms. The summed E-state index contributed by atoms with van der Waals surface area (Å²) < 4.78 is 5.40. The van der Waals surface area contributed by atoms with Gasteiger partial charge in [0.25, 0.3) is 0 Å². The Morgan fingerprint density at radius 2 is 1.46 bits per heavy atom. The number of hydrogen-bond acceptors (Lipinski definition) is 3. The van der Waals surface area contributed by atoms with Gasteiger partial charge in [-0.1, -0.05) is 66.7 Å². The number of benzene rings is 3. The summed E-state index contributed by atoms with van der Waals surface area (Å²) in [5.41, 5.74) is 2.92. The van der Waals surface area contributed by atoms with E-state index in [2.05, 4.69) is 0 Å². The first-order valence-electron chi connectivity index (χ1n) is 8.29. The molecule has 0 aromatic heterocycles. The van der Waals surface area contributed by atoms with Crippen LogP contribution in [0.3, 0.4) is 0 Å². The minimum Gasteiger partial charge on any atom is -0.423 e. The Balaban J connectivity index is 1.65. The number of rotatable bonds is 5. The summed E-state index contributed by atoms with van der Waals surface area (Å²) in [5.74, 6) is 0.0242. The summed E-state index contributed by atoms with van der Waals surface area (Å²) in [4.78, 5) is 24.3. The Kier molecular flexibility index (Phi) is 5.40. The molecule has 0 amide bonds. The van der Waals surface area contributed by atoms with Gasteiger partial charge in [0.15, 0.2) is 5.78 Å². The van der Waals surface area contributed by atoms with Crippen molar-refractivity contribution < 1.29 is 14.3 Å². The number of hydrogen-bond donors (Lipinski definition) is 0. The average Bonchev–Trinajstić information content (AvgIpc) is 2.68. The van der Waals surface area contributed by atoms with E-state index in [0.717, 1.165) is 11.1 Å². The van der Waals surface area contributed by atoms with Crippen LogP contribution in [0.4, 0.5) is 0 Å². The third-order valence-electron chi connectivity index (χ3n) is 3.94. The van der Waals surface area contributed by atoms with E-state index in [-0.39, 0.29) is 11.8 Å². The topological polar surface area (TPSA) is 43.4 Å². The van der Waals surface area contributed by atoms with Crippen molar-refractivity contribution in [3.05, 3.63) is 107 Å². The molecule has 0 bridgehead atoms. The molecule has 3 nitrogen and oxygen atoms in total. The molecule has 0 fully saturated rings. The summed E-state index contributed by atoms with van der Waals surface area (Å²) in [6.45, 7) is 1.87. The van der Waals surface area contributed by atoms with Gasteiger partial charge in [-0.2, -0.15) is 0 Å². The summed E-state index contributed by atoms with van der Waals surface area (Å²) >= 11 is 0. The highest BCUT2D eigenvalue weighted by atomic mass is 16.5. The number of ether oxygens (including phenoxy) is 1. The fraction of sp³-hybridized carbons (Fsp3) is 0.0435. The van der Waals surface area contributed by atoms with Crippen LogP contribution in [0.1, 0.15) is 31.8 Å². The van der Waals surface area contributed by atoms with Crippen LogP contribution in [0.2, 0.25) is 0 Å². The Labute approximate surface area is 152 Å². The van der Waals surface area contributed by atoms with Crippen molar-refractivity contribution in [1.29, 1.82) is 0 Å². The molecule has 0 saturated carbocycles. The highest BCUT2D eigenvalue weighted by Crippen LogP contribution is 2.17. The van der Waals surface area contributed by atoms with Crippen molar-refractivity contribution in [2.24, 2.45) is 0 Å². The molecule has 0 unspecified atom stereocenters. The largest absolute Gasteiger partial charge is 0.423 e. The fourth-order valence-corrected chi connectivity index (χ4v) is 2.48. The van der Waals surface area contributed by atoms with Crippen molar-refractivity contribution in [3.63, 3.8) is 0 Å². The van der Waals surface area contributed by atoms with Crippen LogP contribution in [-0.2, 0) is 0 Å². The first-order chi connectivity index (χ1) is 12.6. The van der Waals surface area contributed by atoms with Gasteiger partial charge in [-0.25, -0.2) is 4.79 Å². The lowest BCUT2D eigenvalue weighted by atomic mass is 10.1. The van der Waals surface area contributed by atoms with Crippen LogP contribution >= 0.6 is 0 Å². The molecular weight excluding hydrogens is 324 g/mol. The third-order valence-corrected chi connectivity index (χ3v) is 3.94. The predicted octanol–water partition coefficient (Wildman–Crippen LogP) is 5.11. The van der Waals surface area contributed by atoms with E-state index in [1.165, 1.54) is 6.08 Å². The molecule has 0 spiro atoms. The maximum atomic E-state index is 12.2. The second-order valence-corrected chi connectivity index (χ2v) is 5.84. The molecule has 3 aromatic carbocycles. The monoisotopic (exact) mass is 342 g/mol. The summed E-state index contributed by atoms with van der Waals surface area (Å²) in [6, 6.07) is 23.4. The fourth-order valence-electron chi connectivity index (χ4n) is 2.48. The normalized spacial score (nSPS) is 10.7. The zero-order chi connectivity index (χ0) is 18.4. The Hall–Kier alpha value is -3.46. The molecule has 0 atom stereocenters. The highest BCUT2D eigenvalue weighted by molar-refractivity contribution is 6.06. The first kappa shape index (κ1) is 17.4. The molecule has 128 valence electrons. The van der Waals surface area contributed by atoms with Crippen LogP contribution in [0, 0.1) is 6.92 Å². The Morgan fingerprint density at radius 1 is 0.808 bits per heavy atom. The van der Waals surface area contributed by atoms with Crippen molar-refractivity contribution >= 4 is 17.8 Å². The van der Waals surface area contributed by atoms with Crippen LogP contribution in [0.25, 0.3) is 6.08 Å². The zero-order valence-electron chi connectivity index (χ0n) is 14.4. The SMILES string of the molecule is Cc1ccccc1C(=O)Oc1ccc(/C=C/C(=O)c2ccccc2)cc1. The summed E-state index contributed by atoms with van der Waals surface area (Å²) in [5, 5.41) is 0. The number of carbonyl (C=O) groups is 2. The average molecular weight is 342 g/mol. The summed E-state index contributed by atoms with van der Waals surface area (Å²) in [7, 11) is 0. The maximum absolute atomic E-state index is 12.2. The van der Waals surface area contributed by atoms with Gasteiger partial charge in [0.1, 0.15) is 5.75 Å². The quantitative estimate of drug-likeness (QED) is 0.280.